The molecule has 31 heavy (non-hydrogen) atoms. The summed E-state index contributed by atoms with van der Waals surface area (Å²) in [5.41, 5.74) is 4.70. The average Bonchev–Trinajstić information content (AvgIpc) is 3.17. The summed E-state index contributed by atoms with van der Waals surface area (Å²) in [6, 6.07) is 13.7. The molecule has 0 aliphatic rings. The molecule has 0 saturated carbocycles. The number of ether oxygens (including phenoxy) is 2. The Bertz CT molecular complexity index is 1140. The van der Waals surface area contributed by atoms with Crippen LogP contribution in [0, 0.1) is 31.1 Å². The molecule has 0 fully saturated rings. The number of benzene rings is 2. The molecule has 3 rings (SSSR count). The summed E-state index contributed by atoms with van der Waals surface area (Å²) >= 11 is 1.17. The summed E-state index contributed by atoms with van der Waals surface area (Å²) in [5.74, 6) is 2.66. The van der Waals surface area contributed by atoms with Gasteiger partial charge in [-0.3, -0.25) is 0 Å². The van der Waals surface area contributed by atoms with E-state index in [2.05, 4.69) is 29.6 Å². The summed E-state index contributed by atoms with van der Waals surface area (Å²) in [6.45, 7) is 8.17. The number of methoxy groups -OCH3 is 1. The van der Waals surface area contributed by atoms with Gasteiger partial charge in [-0.25, -0.2) is 4.99 Å². The Kier molecular flexibility index (Phi) is 6.93. The van der Waals surface area contributed by atoms with E-state index in [-0.39, 0.29) is 0 Å². The molecule has 3 aromatic rings. The normalized spacial score (nSPS) is 11.4. The summed E-state index contributed by atoms with van der Waals surface area (Å²) in [7, 11) is 3.50. The Morgan fingerprint density at radius 1 is 1.16 bits per heavy atom. The van der Waals surface area contributed by atoms with Gasteiger partial charge in [0.25, 0.3) is 0 Å². The molecule has 0 aliphatic heterocycles. The minimum atomic E-state index is 0.299. The van der Waals surface area contributed by atoms with Crippen molar-refractivity contribution >= 4 is 23.1 Å². The highest BCUT2D eigenvalue weighted by Gasteiger charge is 2.19. The van der Waals surface area contributed by atoms with E-state index in [0.717, 1.165) is 34.0 Å². The van der Waals surface area contributed by atoms with E-state index in [1.165, 1.54) is 11.5 Å². The van der Waals surface area contributed by atoms with E-state index in [4.69, 9.17) is 14.5 Å². The molecular weight excluding hydrogens is 408 g/mol. The minimum absolute atomic E-state index is 0.299. The smallest absolute Gasteiger partial charge is 0.218 e. The predicted octanol–water partition coefficient (Wildman–Crippen LogP) is 6.00. The number of hydrogen-bond acceptors (Lipinski definition) is 6. The number of nitrogens with one attached hydrogen (secondary N) is 1. The van der Waals surface area contributed by atoms with Crippen LogP contribution in [-0.4, -0.2) is 24.4 Å². The van der Waals surface area contributed by atoms with Crippen molar-refractivity contribution in [1.29, 1.82) is 5.26 Å². The van der Waals surface area contributed by atoms with Crippen LogP contribution in [0.5, 0.6) is 16.6 Å². The first kappa shape index (κ1) is 22.3. The van der Waals surface area contributed by atoms with Crippen molar-refractivity contribution < 1.29 is 9.47 Å². The van der Waals surface area contributed by atoms with Crippen LogP contribution in [0.25, 0.3) is 11.3 Å². The molecule has 0 spiro atoms. The summed E-state index contributed by atoms with van der Waals surface area (Å²) in [5, 5.41) is 13.4. The summed E-state index contributed by atoms with van der Waals surface area (Å²) < 4.78 is 15.8. The van der Waals surface area contributed by atoms with Gasteiger partial charge in [-0.05, 0) is 61.4 Å². The molecule has 1 heterocycles. The summed E-state index contributed by atoms with van der Waals surface area (Å²) in [6.07, 6.45) is 0. The van der Waals surface area contributed by atoms with E-state index >= 15 is 0 Å². The van der Waals surface area contributed by atoms with Gasteiger partial charge in [-0.2, -0.15) is 9.64 Å². The Hall–Kier alpha value is -3.37. The molecule has 7 heteroatoms. The van der Waals surface area contributed by atoms with E-state index in [1.807, 2.05) is 57.3 Å². The van der Waals surface area contributed by atoms with E-state index in [9.17, 15) is 5.26 Å². The molecular formula is C24H26N4O2S. The van der Waals surface area contributed by atoms with Crippen molar-refractivity contribution in [1.82, 2.24) is 9.69 Å². The predicted molar refractivity (Wildman–Crippen MR) is 126 cm³/mol. The Morgan fingerprint density at radius 3 is 2.45 bits per heavy atom. The topological polar surface area (TPSA) is 79.5 Å². The van der Waals surface area contributed by atoms with Gasteiger partial charge in [0.05, 0.1) is 12.8 Å². The second-order valence-corrected chi connectivity index (χ2v) is 8.18. The Labute approximate surface area is 187 Å². The molecule has 0 aliphatic carbocycles. The quantitative estimate of drug-likeness (QED) is 0.380. The number of amidine groups is 1. The number of hydrogen-bond donors (Lipinski definition) is 1. The first-order valence-corrected chi connectivity index (χ1v) is 10.7. The second-order valence-electron chi connectivity index (χ2n) is 7.44. The molecule has 0 bridgehead atoms. The van der Waals surface area contributed by atoms with E-state index in [1.54, 1.807) is 7.11 Å². The fourth-order valence-electron chi connectivity index (χ4n) is 3.10. The molecule has 160 valence electrons. The fraction of sp³-hybridized carbons (Fsp3) is 0.292. The van der Waals surface area contributed by atoms with Crippen molar-refractivity contribution in [3.05, 3.63) is 53.1 Å². The van der Waals surface area contributed by atoms with Gasteiger partial charge in [0.2, 0.25) is 5.06 Å². The van der Waals surface area contributed by atoms with Crippen molar-refractivity contribution in [2.45, 2.75) is 27.7 Å². The molecule has 0 saturated heterocycles. The van der Waals surface area contributed by atoms with Gasteiger partial charge in [0.15, 0.2) is 0 Å². The molecule has 0 amide bonds. The van der Waals surface area contributed by atoms with Crippen LogP contribution in [0.4, 0.5) is 5.69 Å². The molecule has 2 aromatic carbocycles. The fourth-order valence-corrected chi connectivity index (χ4v) is 3.83. The monoisotopic (exact) mass is 434 g/mol. The van der Waals surface area contributed by atoms with Gasteiger partial charge in [-0.1, -0.05) is 13.8 Å². The SMILES string of the molecule is CNC(=Nc1cc(C)c(Oc2snc(-c3ccc(OC)cc3)c2C#N)cc1C)C(C)C. The number of aliphatic imine (C=N–C) groups is 1. The lowest BCUT2D eigenvalue weighted by molar-refractivity contribution is 0.415. The zero-order chi connectivity index (χ0) is 22.5. The first-order valence-electron chi connectivity index (χ1n) is 9.97. The summed E-state index contributed by atoms with van der Waals surface area (Å²) in [4.78, 5) is 4.75. The second kappa shape index (κ2) is 9.63. The molecule has 0 radical (unpaired) electrons. The van der Waals surface area contributed by atoms with Crippen LogP contribution in [0.2, 0.25) is 0 Å². The van der Waals surface area contributed by atoms with Crippen LogP contribution in [0.1, 0.15) is 30.5 Å². The molecule has 0 unspecified atom stereocenters. The van der Waals surface area contributed by atoms with Crippen molar-refractivity contribution in [2.75, 3.05) is 14.2 Å². The molecule has 6 nitrogen and oxygen atoms in total. The number of rotatable bonds is 6. The van der Waals surface area contributed by atoms with Gasteiger partial charge in [0.1, 0.15) is 34.7 Å². The van der Waals surface area contributed by atoms with Crippen LogP contribution in [0.3, 0.4) is 0 Å². The third-order valence-electron chi connectivity index (χ3n) is 4.88. The zero-order valence-corrected chi connectivity index (χ0v) is 19.4. The van der Waals surface area contributed by atoms with E-state index in [0.29, 0.717) is 28.0 Å². The first-order chi connectivity index (χ1) is 14.9. The lowest BCUT2D eigenvalue weighted by Crippen LogP contribution is -2.23. The van der Waals surface area contributed by atoms with Crippen molar-refractivity contribution in [3.63, 3.8) is 0 Å². The van der Waals surface area contributed by atoms with Crippen LogP contribution in [0.15, 0.2) is 41.4 Å². The van der Waals surface area contributed by atoms with Crippen LogP contribution >= 0.6 is 11.5 Å². The van der Waals surface area contributed by atoms with Crippen molar-refractivity contribution in [2.24, 2.45) is 10.9 Å². The highest BCUT2D eigenvalue weighted by Crippen LogP contribution is 2.39. The molecule has 1 N–H and O–H groups in total. The maximum Gasteiger partial charge on any atom is 0.218 e. The number of aryl methyl sites for hydroxylation is 2. The number of nitrogens with zero attached hydrogens (tertiary/aromatic N) is 3. The Balaban J connectivity index is 1.93. The average molecular weight is 435 g/mol. The number of nitriles is 1. The third kappa shape index (κ3) is 4.86. The lowest BCUT2D eigenvalue weighted by atomic mass is 10.1. The lowest BCUT2D eigenvalue weighted by Gasteiger charge is -2.13. The minimum Gasteiger partial charge on any atom is -0.497 e. The van der Waals surface area contributed by atoms with Gasteiger partial charge >= 0.3 is 0 Å². The standard InChI is InChI=1S/C24H26N4O2S/c1-14(2)23(26-5)27-20-11-16(4)21(12-15(20)3)30-24-19(13-25)22(28-31-24)17-7-9-18(29-6)10-8-17/h7-12,14H,1-6H3,(H,26,27). The van der Waals surface area contributed by atoms with Crippen molar-refractivity contribution in [3.8, 4) is 33.9 Å². The molecule has 0 atom stereocenters. The maximum absolute atomic E-state index is 9.76. The zero-order valence-electron chi connectivity index (χ0n) is 18.6. The highest BCUT2D eigenvalue weighted by atomic mass is 32.1. The van der Waals surface area contributed by atoms with Gasteiger partial charge in [-0.15, -0.1) is 0 Å². The van der Waals surface area contributed by atoms with E-state index < -0.39 is 0 Å². The maximum atomic E-state index is 9.76. The van der Waals surface area contributed by atoms with Crippen LogP contribution in [-0.2, 0) is 0 Å². The Morgan fingerprint density at radius 2 is 1.87 bits per heavy atom. The van der Waals surface area contributed by atoms with Crippen LogP contribution < -0.4 is 14.8 Å². The number of aromatic nitrogens is 1. The third-order valence-corrected chi connectivity index (χ3v) is 5.60. The van der Waals surface area contributed by atoms with Gasteiger partial charge in [0, 0.05) is 30.1 Å². The molecule has 1 aromatic heterocycles. The highest BCUT2D eigenvalue weighted by molar-refractivity contribution is 7.08. The largest absolute Gasteiger partial charge is 0.497 e. The van der Waals surface area contributed by atoms with Gasteiger partial charge < -0.3 is 14.8 Å².